The Morgan fingerprint density at radius 2 is 2.32 bits per heavy atom. The van der Waals surface area contributed by atoms with Gasteiger partial charge < -0.3 is 0 Å². The van der Waals surface area contributed by atoms with Crippen LogP contribution in [0, 0.1) is 5.92 Å². The standard InChI is InChI=1S/C12H15ClIN2O2S/c1-7(2)11(12(17)18)16-5-8(14-6-15-16)9-3-4-10(13)19-9/h3-5,7,11,15H,6H2,1-2H3,(H,17,18)/q-1/t11-/m0/s1. The molecule has 1 aromatic heterocycles. The molecule has 0 aliphatic carbocycles. The Hall–Kier alpha value is -0.310. The monoisotopic (exact) mass is 413 g/mol. The van der Waals surface area contributed by atoms with Crippen LogP contribution in [0.3, 0.4) is 0 Å². The van der Waals surface area contributed by atoms with Crippen molar-refractivity contribution in [3.05, 3.63) is 27.5 Å². The van der Waals surface area contributed by atoms with Crippen LogP contribution in [0.4, 0.5) is 0 Å². The van der Waals surface area contributed by atoms with Gasteiger partial charge in [-0.1, -0.05) is 0 Å². The van der Waals surface area contributed by atoms with Gasteiger partial charge in [0.05, 0.1) is 0 Å². The molecule has 19 heavy (non-hydrogen) atoms. The third-order valence-corrected chi connectivity index (χ3v) is 6.73. The Morgan fingerprint density at radius 3 is 2.84 bits per heavy atom. The molecule has 2 rings (SSSR count). The number of thiophene rings is 1. The molecule has 7 heteroatoms. The summed E-state index contributed by atoms with van der Waals surface area (Å²) < 4.78 is 2.85. The van der Waals surface area contributed by atoms with Gasteiger partial charge in [-0.15, -0.1) is 0 Å². The molecule has 0 saturated heterocycles. The molecule has 0 unspecified atom stereocenters. The fraction of sp³-hybridized carbons (Fsp3) is 0.417. The summed E-state index contributed by atoms with van der Waals surface area (Å²) in [5.41, 5.74) is 3.19. The van der Waals surface area contributed by atoms with E-state index in [1.807, 2.05) is 32.2 Å². The van der Waals surface area contributed by atoms with Gasteiger partial charge in [0.25, 0.3) is 0 Å². The topological polar surface area (TPSA) is 52.6 Å². The van der Waals surface area contributed by atoms with E-state index < -0.39 is 12.0 Å². The Labute approximate surface area is 131 Å². The number of carboxylic acids is 1. The SMILES string of the molecule is CC(C)[C@@H](C(=O)O)N1C=C(c2ccc(Cl)s2)[I-]CN1. The van der Waals surface area contributed by atoms with Gasteiger partial charge in [-0.25, -0.2) is 0 Å². The van der Waals surface area contributed by atoms with Crippen LogP contribution in [0.5, 0.6) is 0 Å². The van der Waals surface area contributed by atoms with Gasteiger partial charge in [0, 0.05) is 0 Å². The van der Waals surface area contributed by atoms with Gasteiger partial charge in [0.15, 0.2) is 0 Å². The van der Waals surface area contributed by atoms with Gasteiger partial charge >= 0.3 is 132 Å². The van der Waals surface area contributed by atoms with Crippen LogP contribution in [0.25, 0.3) is 3.58 Å². The van der Waals surface area contributed by atoms with Crippen molar-refractivity contribution in [1.29, 1.82) is 0 Å². The molecule has 1 atom stereocenters. The number of hydrazine groups is 1. The molecule has 0 spiro atoms. The van der Waals surface area contributed by atoms with Crippen molar-refractivity contribution in [2.75, 3.05) is 4.55 Å². The number of halogens is 2. The molecule has 0 saturated carbocycles. The second kappa shape index (κ2) is 6.43. The molecule has 0 bridgehead atoms. The molecule has 1 aliphatic rings. The van der Waals surface area contributed by atoms with Crippen molar-refractivity contribution < 1.29 is 31.1 Å². The molecule has 0 aromatic carbocycles. The van der Waals surface area contributed by atoms with E-state index in [-0.39, 0.29) is 27.1 Å². The van der Waals surface area contributed by atoms with Crippen LogP contribution in [-0.4, -0.2) is 26.7 Å². The van der Waals surface area contributed by atoms with Crippen molar-refractivity contribution in [1.82, 2.24) is 10.4 Å². The van der Waals surface area contributed by atoms with Gasteiger partial charge in [0.1, 0.15) is 0 Å². The number of aliphatic carboxylic acids is 1. The molecule has 0 radical (unpaired) electrons. The number of hydrogen-bond donors (Lipinski definition) is 2. The Kier molecular flexibility index (Phi) is 5.10. The molecule has 2 N–H and O–H groups in total. The van der Waals surface area contributed by atoms with Gasteiger partial charge in [-0.05, 0) is 0 Å². The van der Waals surface area contributed by atoms with Crippen LogP contribution >= 0.6 is 22.9 Å². The van der Waals surface area contributed by atoms with E-state index in [4.69, 9.17) is 11.6 Å². The average molecular weight is 414 g/mol. The first-order valence-corrected chi connectivity index (χ1v) is 9.60. The normalized spacial score (nSPS) is 17.9. The van der Waals surface area contributed by atoms with Crippen LogP contribution in [-0.2, 0) is 4.79 Å². The summed E-state index contributed by atoms with van der Waals surface area (Å²) in [6.45, 7) is 3.83. The molecule has 1 aromatic rings. The van der Waals surface area contributed by atoms with Crippen molar-refractivity contribution in [3.8, 4) is 0 Å². The van der Waals surface area contributed by atoms with Crippen LogP contribution in [0.15, 0.2) is 18.3 Å². The summed E-state index contributed by atoms with van der Waals surface area (Å²) in [5.74, 6) is -0.770. The average Bonchev–Trinajstić information content (AvgIpc) is 2.75. The first kappa shape index (κ1) is 15.1. The van der Waals surface area contributed by atoms with E-state index in [0.29, 0.717) is 0 Å². The summed E-state index contributed by atoms with van der Waals surface area (Å²) in [7, 11) is 0. The van der Waals surface area contributed by atoms with E-state index in [0.717, 1.165) is 13.8 Å². The predicted molar refractivity (Wildman–Crippen MR) is 73.4 cm³/mol. The quantitative estimate of drug-likeness (QED) is 0.403. The van der Waals surface area contributed by atoms with E-state index in [2.05, 4.69) is 5.43 Å². The van der Waals surface area contributed by atoms with Crippen molar-refractivity contribution in [2.45, 2.75) is 19.9 Å². The molecule has 2 heterocycles. The molecule has 1 aliphatic heterocycles. The molecule has 0 fully saturated rings. The van der Waals surface area contributed by atoms with Gasteiger partial charge in [-0.2, -0.15) is 0 Å². The third kappa shape index (κ3) is 3.62. The summed E-state index contributed by atoms with van der Waals surface area (Å²) in [5, 5.41) is 11.1. The van der Waals surface area contributed by atoms with Crippen LogP contribution in [0.1, 0.15) is 18.7 Å². The molecule has 4 nitrogen and oxygen atoms in total. The molecular formula is C12H15ClIN2O2S-. The van der Waals surface area contributed by atoms with Gasteiger partial charge in [0.2, 0.25) is 0 Å². The van der Waals surface area contributed by atoms with Crippen LogP contribution < -0.4 is 26.6 Å². The molecule has 0 amide bonds. The van der Waals surface area contributed by atoms with Crippen molar-refractivity contribution in [3.63, 3.8) is 0 Å². The van der Waals surface area contributed by atoms with E-state index in [9.17, 15) is 9.90 Å². The zero-order valence-electron chi connectivity index (χ0n) is 10.6. The first-order chi connectivity index (χ1) is 8.99. The number of hydrogen-bond acceptors (Lipinski definition) is 4. The summed E-state index contributed by atoms with van der Waals surface area (Å²) in [6.07, 6.45) is 1.94. The summed E-state index contributed by atoms with van der Waals surface area (Å²) in [4.78, 5) is 12.5. The maximum atomic E-state index is 11.4. The maximum absolute atomic E-state index is 11.4. The van der Waals surface area contributed by atoms with Crippen LogP contribution in [0.2, 0.25) is 4.34 Å². The summed E-state index contributed by atoms with van der Waals surface area (Å²) >= 11 is 7.37. The van der Waals surface area contributed by atoms with Crippen molar-refractivity contribution >= 4 is 32.5 Å². The predicted octanol–water partition coefficient (Wildman–Crippen LogP) is -0.324. The van der Waals surface area contributed by atoms with E-state index in [1.54, 1.807) is 16.3 Å². The van der Waals surface area contributed by atoms with Gasteiger partial charge in [-0.3, -0.25) is 0 Å². The second-order valence-corrected chi connectivity index (χ2v) is 8.84. The number of nitrogens with zero attached hydrogens (tertiary/aromatic N) is 1. The second-order valence-electron chi connectivity index (χ2n) is 4.44. The minimum absolute atomic E-state index is 0.0331. The number of nitrogens with one attached hydrogen (secondary N) is 1. The molecular weight excluding hydrogens is 399 g/mol. The minimum atomic E-state index is -0.803. The van der Waals surface area contributed by atoms with E-state index in [1.165, 1.54) is 3.58 Å². The fourth-order valence-electron chi connectivity index (χ4n) is 1.85. The van der Waals surface area contributed by atoms with E-state index >= 15 is 0 Å². The summed E-state index contributed by atoms with van der Waals surface area (Å²) in [6, 6.07) is 3.35. The zero-order chi connectivity index (χ0) is 14.0. The number of carbonyl (C=O) groups is 1. The number of alkyl halides is 1. The Balaban J connectivity index is 2.25. The fourth-order valence-corrected chi connectivity index (χ4v) is 5.52. The molecule has 106 valence electrons. The third-order valence-electron chi connectivity index (χ3n) is 2.70. The number of carboxylic acid groups (broad SMARTS) is 1. The Bertz CT molecular complexity index is 504. The van der Waals surface area contributed by atoms with Crippen molar-refractivity contribution in [2.24, 2.45) is 5.92 Å². The zero-order valence-corrected chi connectivity index (χ0v) is 14.3. The first-order valence-electron chi connectivity index (χ1n) is 5.80. The number of rotatable bonds is 4. The Morgan fingerprint density at radius 1 is 1.58 bits per heavy atom.